The maximum Gasteiger partial charge on any atom is 0.373 e. The molecule has 6 nitrogen and oxygen atoms in total. The van der Waals surface area contributed by atoms with Crippen LogP contribution in [-0.4, -0.2) is 33.3 Å². The zero-order chi connectivity index (χ0) is 22.2. The molecule has 3 aromatic rings. The van der Waals surface area contributed by atoms with E-state index in [-0.39, 0.29) is 11.8 Å². The zero-order valence-corrected chi connectivity index (χ0v) is 17.7. The van der Waals surface area contributed by atoms with Gasteiger partial charge in [0.1, 0.15) is 0 Å². The molecule has 3 rings (SSSR count). The van der Waals surface area contributed by atoms with Gasteiger partial charge in [0.2, 0.25) is 5.76 Å². The van der Waals surface area contributed by atoms with Crippen LogP contribution in [0.1, 0.15) is 5.56 Å². The van der Waals surface area contributed by atoms with Crippen molar-refractivity contribution >= 4 is 29.5 Å². The monoisotopic (exact) mass is 416 g/mol. The minimum atomic E-state index is -0.531. The lowest BCUT2D eigenvalue weighted by atomic mass is 10.0. The fourth-order valence-electron chi connectivity index (χ4n) is 2.97. The van der Waals surface area contributed by atoms with E-state index in [1.54, 1.807) is 18.0 Å². The van der Waals surface area contributed by atoms with Gasteiger partial charge in [-0.1, -0.05) is 54.6 Å². The van der Waals surface area contributed by atoms with Crippen molar-refractivity contribution < 1.29 is 19.1 Å². The normalized spacial score (nSPS) is 10.9. The predicted octanol–water partition coefficient (Wildman–Crippen LogP) is 5.18. The van der Waals surface area contributed by atoms with E-state index in [4.69, 9.17) is 9.47 Å². The van der Waals surface area contributed by atoms with Crippen LogP contribution >= 0.6 is 0 Å². The molecule has 3 aromatic carbocycles. The van der Waals surface area contributed by atoms with Crippen LogP contribution in [0.2, 0.25) is 0 Å². The Bertz CT molecular complexity index is 1080. The van der Waals surface area contributed by atoms with Crippen molar-refractivity contribution in [3.05, 3.63) is 90.2 Å². The SMILES string of the molecule is COC(=O)/C(=C/c1ccc(-c2cccc(N(C)C(=O)Nc3ccccc3)c2)cc1)OC. The third kappa shape index (κ3) is 5.51. The van der Waals surface area contributed by atoms with E-state index in [1.807, 2.05) is 78.9 Å². The Morgan fingerprint density at radius 1 is 0.839 bits per heavy atom. The van der Waals surface area contributed by atoms with Gasteiger partial charge >= 0.3 is 12.0 Å². The van der Waals surface area contributed by atoms with Crippen LogP contribution in [0.4, 0.5) is 16.2 Å². The molecule has 0 aliphatic rings. The maximum atomic E-state index is 12.6. The summed E-state index contributed by atoms with van der Waals surface area (Å²) in [6.07, 6.45) is 1.62. The minimum Gasteiger partial charge on any atom is -0.490 e. The standard InChI is InChI=1S/C25H24N2O4/c1-27(25(29)26-21-9-5-4-6-10-21)22-11-7-8-20(17-22)19-14-12-18(13-15-19)16-23(30-2)24(28)31-3/h4-17H,1-3H3,(H,26,29)/b23-16-. The van der Waals surface area contributed by atoms with Crippen LogP contribution in [0.25, 0.3) is 17.2 Å². The Balaban J connectivity index is 1.77. The molecule has 0 spiro atoms. The third-order valence-corrected chi connectivity index (χ3v) is 4.71. The van der Waals surface area contributed by atoms with E-state index in [1.165, 1.54) is 14.2 Å². The molecule has 0 radical (unpaired) electrons. The molecule has 0 aliphatic carbocycles. The van der Waals surface area contributed by atoms with Crippen molar-refractivity contribution in [3.8, 4) is 11.1 Å². The molecule has 0 aliphatic heterocycles. The fraction of sp³-hybridized carbons (Fsp3) is 0.120. The second-order valence-electron chi connectivity index (χ2n) is 6.73. The molecule has 6 heteroatoms. The van der Waals surface area contributed by atoms with Gasteiger partial charge in [-0.3, -0.25) is 4.90 Å². The van der Waals surface area contributed by atoms with Gasteiger partial charge < -0.3 is 14.8 Å². The van der Waals surface area contributed by atoms with Gasteiger partial charge in [-0.15, -0.1) is 0 Å². The summed E-state index contributed by atoms with van der Waals surface area (Å²) >= 11 is 0. The average molecular weight is 416 g/mol. The largest absolute Gasteiger partial charge is 0.490 e. The molecule has 2 amide bonds. The van der Waals surface area contributed by atoms with E-state index in [0.717, 1.165) is 28.1 Å². The number of hydrogen-bond acceptors (Lipinski definition) is 4. The number of amides is 2. The van der Waals surface area contributed by atoms with E-state index in [0.29, 0.717) is 0 Å². The van der Waals surface area contributed by atoms with Gasteiger partial charge in [0.05, 0.1) is 14.2 Å². The second-order valence-corrected chi connectivity index (χ2v) is 6.73. The smallest absolute Gasteiger partial charge is 0.373 e. The number of urea groups is 1. The van der Waals surface area contributed by atoms with Crippen molar-refractivity contribution in [1.82, 2.24) is 0 Å². The molecule has 1 N–H and O–H groups in total. The summed E-state index contributed by atoms with van der Waals surface area (Å²) < 4.78 is 9.76. The highest BCUT2D eigenvalue weighted by Gasteiger charge is 2.12. The lowest BCUT2D eigenvalue weighted by molar-refractivity contribution is -0.139. The number of nitrogens with zero attached hydrogens (tertiary/aromatic N) is 1. The van der Waals surface area contributed by atoms with Crippen LogP contribution in [0, 0.1) is 0 Å². The van der Waals surface area contributed by atoms with Crippen molar-refractivity contribution in [3.63, 3.8) is 0 Å². The number of anilines is 2. The molecule has 0 atom stereocenters. The Kier molecular flexibility index (Phi) is 7.06. The van der Waals surface area contributed by atoms with Crippen molar-refractivity contribution in [2.24, 2.45) is 0 Å². The number of benzene rings is 3. The summed E-state index contributed by atoms with van der Waals surface area (Å²) in [6.45, 7) is 0. The molecule has 0 saturated heterocycles. The Labute approximate surface area is 181 Å². The van der Waals surface area contributed by atoms with E-state index < -0.39 is 5.97 Å². The van der Waals surface area contributed by atoms with Gasteiger partial charge in [0.15, 0.2) is 0 Å². The number of para-hydroxylation sites is 1. The number of carbonyl (C=O) groups excluding carboxylic acids is 2. The maximum absolute atomic E-state index is 12.6. The van der Waals surface area contributed by atoms with Gasteiger partial charge in [0.25, 0.3) is 0 Å². The number of hydrogen-bond donors (Lipinski definition) is 1. The van der Waals surface area contributed by atoms with Crippen LogP contribution in [0.15, 0.2) is 84.6 Å². The van der Waals surface area contributed by atoms with Crippen LogP contribution in [0.3, 0.4) is 0 Å². The highest BCUT2D eigenvalue weighted by molar-refractivity contribution is 6.01. The van der Waals surface area contributed by atoms with E-state index >= 15 is 0 Å². The molecule has 0 bridgehead atoms. The quantitative estimate of drug-likeness (QED) is 0.341. The topological polar surface area (TPSA) is 67.9 Å². The number of methoxy groups -OCH3 is 2. The van der Waals surface area contributed by atoms with Gasteiger partial charge in [-0.05, 0) is 47.0 Å². The first-order chi connectivity index (χ1) is 15.0. The summed E-state index contributed by atoms with van der Waals surface area (Å²) in [5.41, 5.74) is 4.26. The summed E-state index contributed by atoms with van der Waals surface area (Å²) in [5, 5.41) is 2.88. The van der Waals surface area contributed by atoms with Crippen LogP contribution in [0.5, 0.6) is 0 Å². The molecule has 0 fully saturated rings. The summed E-state index contributed by atoms with van der Waals surface area (Å²) in [4.78, 5) is 25.8. The van der Waals surface area contributed by atoms with Crippen molar-refractivity contribution in [2.45, 2.75) is 0 Å². The van der Waals surface area contributed by atoms with E-state index in [9.17, 15) is 9.59 Å². The van der Waals surface area contributed by atoms with Crippen molar-refractivity contribution in [2.75, 3.05) is 31.5 Å². The first-order valence-corrected chi connectivity index (χ1v) is 9.66. The molecule has 158 valence electrons. The fourth-order valence-corrected chi connectivity index (χ4v) is 2.97. The van der Waals surface area contributed by atoms with Gasteiger partial charge in [0, 0.05) is 18.4 Å². The lowest BCUT2D eigenvalue weighted by Crippen LogP contribution is -2.31. The first-order valence-electron chi connectivity index (χ1n) is 9.66. The average Bonchev–Trinajstić information content (AvgIpc) is 2.82. The van der Waals surface area contributed by atoms with E-state index in [2.05, 4.69) is 5.32 Å². The lowest BCUT2D eigenvalue weighted by Gasteiger charge is -2.19. The minimum absolute atomic E-state index is 0.128. The van der Waals surface area contributed by atoms with Gasteiger partial charge in [-0.2, -0.15) is 0 Å². The highest BCUT2D eigenvalue weighted by atomic mass is 16.6. The number of ether oxygens (including phenoxy) is 2. The Morgan fingerprint density at radius 2 is 1.55 bits per heavy atom. The van der Waals surface area contributed by atoms with Crippen LogP contribution in [-0.2, 0) is 14.3 Å². The van der Waals surface area contributed by atoms with Crippen LogP contribution < -0.4 is 10.2 Å². The number of nitrogens with one attached hydrogen (secondary N) is 1. The summed E-state index contributed by atoms with van der Waals surface area (Å²) in [5.74, 6) is -0.403. The predicted molar refractivity (Wildman–Crippen MR) is 123 cm³/mol. The molecule has 0 aromatic heterocycles. The summed E-state index contributed by atoms with van der Waals surface area (Å²) in [7, 11) is 4.46. The Hall–Kier alpha value is -4.06. The number of rotatable bonds is 6. The first kappa shape index (κ1) is 21.6. The molecule has 0 heterocycles. The molecule has 31 heavy (non-hydrogen) atoms. The number of esters is 1. The van der Waals surface area contributed by atoms with Crippen molar-refractivity contribution in [1.29, 1.82) is 0 Å². The molecular weight excluding hydrogens is 392 g/mol. The molecule has 0 saturated carbocycles. The molecular formula is C25H24N2O4. The third-order valence-electron chi connectivity index (χ3n) is 4.71. The number of carbonyl (C=O) groups is 2. The zero-order valence-electron chi connectivity index (χ0n) is 17.7. The molecule has 0 unspecified atom stereocenters. The highest BCUT2D eigenvalue weighted by Crippen LogP contribution is 2.25. The Morgan fingerprint density at radius 3 is 2.19 bits per heavy atom. The van der Waals surface area contributed by atoms with Gasteiger partial charge in [-0.25, -0.2) is 9.59 Å². The second kappa shape index (κ2) is 10.1. The summed E-state index contributed by atoms with van der Waals surface area (Å²) in [6, 6.07) is 24.5.